The SMILES string of the molecule is Cc1cc(COc2ccc(NC(=O)[C@H]3CCN(C(=O)O[C@H]4CCOC4)C[C@@H]3C(=O)NO)cc2)c2ccccc2n1. The second-order valence-corrected chi connectivity index (χ2v) is 10.0. The Morgan fingerprint density at radius 2 is 1.88 bits per heavy atom. The highest BCUT2D eigenvalue weighted by Crippen LogP contribution is 2.28. The minimum atomic E-state index is -0.938. The molecule has 11 heteroatoms. The number of carbonyl (C=O) groups excluding carboxylic acids is 3. The highest BCUT2D eigenvalue weighted by atomic mass is 16.6. The van der Waals surface area contributed by atoms with Crippen LogP contribution in [0, 0.1) is 18.8 Å². The smallest absolute Gasteiger partial charge is 0.410 e. The maximum atomic E-state index is 13.1. The molecule has 40 heavy (non-hydrogen) atoms. The summed E-state index contributed by atoms with van der Waals surface area (Å²) in [4.78, 5) is 44.1. The number of hydrogen-bond acceptors (Lipinski definition) is 8. The van der Waals surface area contributed by atoms with Crippen molar-refractivity contribution in [3.8, 4) is 5.75 Å². The van der Waals surface area contributed by atoms with Crippen molar-refractivity contribution in [2.45, 2.75) is 32.5 Å². The largest absolute Gasteiger partial charge is 0.489 e. The van der Waals surface area contributed by atoms with Crippen LogP contribution < -0.4 is 15.5 Å². The van der Waals surface area contributed by atoms with E-state index in [1.807, 2.05) is 37.3 Å². The van der Waals surface area contributed by atoms with Crippen LogP contribution in [-0.4, -0.2) is 65.4 Å². The molecule has 2 aliphatic heterocycles. The van der Waals surface area contributed by atoms with E-state index in [0.29, 0.717) is 37.7 Å². The number of nitrogens with one attached hydrogen (secondary N) is 2. The Morgan fingerprint density at radius 1 is 1.07 bits per heavy atom. The molecule has 0 bridgehead atoms. The molecule has 3 heterocycles. The minimum Gasteiger partial charge on any atom is -0.489 e. The molecule has 2 aromatic carbocycles. The van der Waals surface area contributed by atoms with Crippen LogP contribution in [0.4, 0.5) is 10.5 Å². The maximum Gasteiger partial charge on any atom is 0.410 e. The molecule has 3 aromatic rings. The van der Waals surface area contributed by atoms with E-state index in [0.717, 1.165) is 22.2 Å². The molecule has 0 aliphatic carbocycles. The van der Waals surface area contributed by atoms with Gasteiger partial charge in [0.05, 0.1) is 30.6 Å². The molecule has 0 unspecified atom stereocenters. The zero-order valence-corrected chi connectivity index (χ0v) is 22.2. The summed E-state index contributed by atoms with van der Waals surface area (Å²) < 4.78 is 16.7. The van der Waals surface area contributed by atoms with Crippen molar-refractivity contribution >= 4 is 34.5 Å². The van der Waals surface area contributed by atoms with Gasteiger partial charge in [0, 0.05) is 41.8 Å². The van der Waals surface area contributed by atoms with Gasteiger partial charge in [0.1, 0.15) is 18.5 Å². The maximum absolute atomic E-state index is 13.1. The number of benzene rings is 2. The quantitative estimate of drug-likeness (QED) is 0.302. The Kier molecular flexibility index (Phi) is 8.42. The summed E-state index contributed by atoms with van der Waals surface area (Å²) in [6.45, 7) is 3.38. The molecule has 3 N–H and O–H groups in total. The first kappa shape index (κ1) is 27.4. The number of fused-ring (bicyclic) bond motifs is 1. The van der Waals surface area contributed by atoms with E-state index in [4.69, 9.17) is 14.2 Å². The number of anilines is 1. The number of piperidine rings is 1. The zero-order valence-electron chi connectivity index (χ0n) is 22.2. The van der Waals surface area contributed by atoms with Gasteiger partial charge in [-0.2, -0.15) is 0 Å². The van der Waals surface area contributed by atoms with Crippen molar-refractivity contribution in [2.24, 2.45) is 11.8 Å². The van der Waals surface area contributed by atoms with Gasteiger partial charge < -0.3 is 24.4 Å². The van der Waals surface area contributed by atoms with Gasteiger partial charge >= 0.3 is 6.09 Å². The van der Waals surface area contributed by atoms with Crippen molar-refractivity contribution in [1.29, 1.82) is 0 Å². The fourth-order valence-corrected chi connectivity index (χ4v) is 5.15. The van der Waals surface area contributed by atoms with Crippen molar-refractivity contribution < 1.29 is 33.8 Å². The highest BCUT2D eigenvalue weighted by Gasteiger charge is 2.41. The minimum absolute atomic E-state index is 0.0488. The Hall–Kier alpha value is -4.22. The topological polar surface area (TPSA) is 139 Å². The second-order valence-electron chi connectivity index (χ2n) is 10.0. The van der Waals surface area contributed by atoms with E-state index in [9.17, 15) is 19.6 Å². The molecule has 3 atom stereocenters. The average Bonchev–Trinajstić information content (AvgIpc) is 3.48. The van der Waals surface area contributed by atoms with Crippen LogP contribution in [0.25, 0.3) is 10.9 Å². The summed E-state index contributed by atoms with van der Waals surface area (Å²) in [5.74, 6) is -2.16. The summed E-state index contributed by atoms with van der Waals surface area (Å²) in [6, 6.07) is 16.9. The summed E-state index contributed by atoms with van der Waals surface area (Å²) in [5.41, 5.74) is 5.02. The van der Waals surface area contributed by atoms with Crippen LogP contribution in [-0.2, 0) is 25.7 Å². The lowest BCUT2D eigenvalue weighted by Gasteiger charge is -2.36. The van der Waals surface area contributed by atoms with Gasteiger partial charge in [0.25, 0.3) is 0 Å². The predicted molar refractivity (Wildman–Crippen MR) is 145 cm³/mol. The van der Waals surface area contributed by atoms with Crippen LogP contribution in [0.5, 0.6) is 5.75 Å². The van der Waals surface area contributed by atoms with E-state index in [1.165, 1.54) is 4.90 Å². The third kappa shape index (κ3) is 6.32. The molecular formula is C29H32N4O7. The standard InChI is InChI=1S/C29H32N4O7/c1-18-14-19(23-4-2-3-5-26(23)30-18)16-39-21-8-6-20(7-9-21)31-27(34)24-10-12-33(15-25(24)28(35)32-37)29(36)40-22-11-13-38-17-22/h2-9,14,22,24-25,37H,10-13,15-17H2,1H3,(H,31,34)(H,32,35)/t22-,24-,25-/m0/s1. The molecule has 2 aliphatic rings. The molecule has 11 nitrogen and oxygen atoms in total. The average molecular weight is 549 g/mol. The number of hydrogen-bond donors (Lipinski definition) is 3. The van der Waals surface area contributed by atoms with Crippen LogP contribution in [0.3, 0.4) is 0 Å². The summed E-state index contributed by atoms with van der Waals surface area (Å²) in [7, 11) is 0. The van der Waals surface area contributed by atoms with Crippen LogP contribution >= 0.6 is 0 Å². The number of para-hydroxylation sites is 1. The number of aromatic nitrogens is 1. The van der Waals surface area contributed by atoms with Gasteiger partial charge in [0.15, 0.2) is 0 Å². The van der Waals surface area contributed by atoms with Gasteiger partial charge in [-0.1, -0.05) is 18.2 Å². The normalized spacial score (nSPS) is 20.6. The van der Waals surface area contributed by atoms with Crippen molar-refractivity contribution in [3.63, 3.8) is 0 Å². The fourth-order valence-electron chi connectivity index (χ4n) is 5.15. The lowest BCUT2D eigenvalue weighted by atomic mass is 9.84. The number of likely N-dealkylation sites (tertiary alicyclic amines) is 1. The number of ether oxygens (including phenoxy) is 3. The van der Waals surface area contributed by atoms with Crippen molar-refractivity contribution in [1.82, 2.24) is 15.4 Å². The zero-order chi connectivity index (χ0) is 28.1. The third-order valence-corrected chi connectivity index (χ3v) is 7.26. The van der Waals surface area contributed by atoms with Crippen LogP contribution in [0.15, 0.2) is 54.6 Å². The van der Waals surface area contributed by atoms with E-state index < -0.39 is 23.8 Å². The summed E-state index contributed by atoms with van der Waals surface area (Å²) in [5, 5.41) is 13.1. The fraction of sp³-hybridized carbons (Fsp3) is 0.379. The monoisotopic (exact) mass is 548 g/mol. The van der Waals surface area contributed by atoms with Gasteiger partial charge in [-0.3, -0.25) is 19.8 Å². The Labute approximate surface area is 231 Å². The molecular weight excluding hydrogens is 516 g/mol. The predicted octanol–water partition coefficient (Wildman–Crippen LogP) is 3.43. The number of nitrogens with zero attached hydrogens (tertiary/aromatic N) is 2. The van der Waals surface area contributed by atoms with E-state index in [2.05, 4.69) is 10.3 Å². The highest BCUT2D eigenvalue weighted by molar-refractivity contribution is 5.96. The molecule has 2 fully saturated rings. The number of aryl methyl sites for hydroxylation is 1. The van der Waals surface area contributed by atoms with E-state index >= 15 is 0 Å². The lowest BCUT2D eigenvalue weighted by Crippen LogP contribution is -2.52. The second kappa shape index (κ2) is 12.3. The Morgan fingerprint density at radius 3 is 2.62 bits per heavy atom. The van der Waals surface area contributed by atoms with Crippen molar-refractivity contribution in [2.75, 3.05) is 31.6 Å². The first-order chi connectivity index (χ1) is 19.4. The number of hydroxylamine groups is 1. The summed E-state index contributed by atoms with van der Waals surface area (Å²) in [6.07, 6.45) is -0.0231. The Bertz CT molecular complexity index is 1370. The van der Waals surface area contributed by atoms with Gasteiger partial charge in [-0.05, 0) is 49.7 Å². The molecule has 210 valence electrons. The third-order valence-electron chi connectivity index (χ3n) is 7.26. The molecule has 0 spiro atoms. The van der Waals surface area contributed by atoms with Crippen LogP contribution in [0.1, 0.15) is 24.1 Å². The molecule has 2 saturated heterocycles. The van der Waals surface area contributed by atoms with Gasteiger partial charge in [-0.15, -0.1) is 0 Å². The van der Waals surface area contributed by atoms with E-state index in [1.54, 1.807) is 29.7 Å². The number of carbonyl (C=O) groups is 3. The first-order valence-corrected chi connectivity index (χ1v) is 13.3. The van der Waals surface area contributed by atoms with E-state index in [-0.39, 0.29) is 31.5 Å². The molecule has 0 radical (unpaired) electrons. The first-order valence-electron chi connectivity index (χ1n) is 13.3. The molecule has 1 aromatic heterocycles. The summed E-state index contributed by atoms with van der Waals surface area (Å²) >= 11 is 0. The Balaban J connectivity index is 1.19. The lowest BCUT2D eigenvalue weighted by molar-refractivity contribution is -0.141. The number of pyridine rings is 1. The molecule has 5 rings (SSSR count). The molecule has 3 amide bonds. The number of rotatable bonds is 7. The van der Waals surface area contributed by atoms with Crippen LogP contribution in [0.2, 0.25) is 0 Å². The van der Waals surface area contributed by atoms with Gasteiger partial charge in [-0.25, -0.2) is 10.3 Å². The molecule has 0 saturated carbocycles. The van der Waals surface area contributed by atoms with Gasteiger partial charge in [0.2, 0.25) is 11.8 Å². The number of amides is 3. The van der Waals surface area contributed by atoms with Crippen molar-refractivity contribution in [3.05, 3.63) is 65.9 Å².